The number of carboxylic acid groups (broad SMARTS) is 1. The van der Waals surface area contributed by atoms with Gasteiger partial charge < -0.3 is 19.9 Å². The zero-order valence-electron chi connectivity index (χ0n) is 19.0. The van der Waals surface area contributed by atoms with E-state index in [1.54, 1.807) is 30.3 Å². The predicted molar refractivity (Wildman–Crippen MR) is 143 cm³/mol. The van der Waals surface area contributed by atoms with Crippen LogP contribution in [0.4, 0.5) is 5.69 Å². The highest BCUT2D eigenvalue weighted by molar-refractivity contribution is 9.10. The summed E-state index contributed by atoms with van der Waals surface area (Å²) in [6.45, 7) is 3.95. The lowest BCUT2D eigenvalue weighted by molar-refractivity contribution is -0.137. The lowest BCUT2D eigenvalue weighted by atomic mass is 10.2. The van der Waals surface area contributed by atoms with E-state index in [0.29, 0.717) is 38.6 Å². The molecule has 184 valence electrons. The summed E-state index contributed by atoms with van der Waals surface area (Å²) in [7, 11) is 0. The normalized spacial score (nSPS) is 14.4. The fourth-order valence-electron chi connectivity index (χ4n) is 3.12. The quantitative estimate of drug-likeness (QED) is 0.304. The molecule has 35 heavy (non-hydrogen) atoms. The number of carbonyl (C=O) groups excluding carboxylic acids is 2. The van der Waals surface area contributed by atoms with Gasteiger partial charge in [0.25, 0.3) is 11.8 Å². The lowest BCUT2D eigenvalue weighted by Crippen LogP contribution is -2.30. The van der Waals surface area contributed by atoms with Gasteiger partial charge in [0.1, 0.15) is 4.32 Å². The summed E-state index contributed by atoms with van der Waals surface area (Å²) in [5.74, 6) is -0.835. The van der Waals surface area contributed by atoms with Crippen LogP contribution in [0.25, 0.3) is 6.08 Å². The topological polar surface area (TPSA) is 105 Å². The molecule has 0 unspecified atom stereocenters. The van der Waals surface area contributed by atoms with Gasteiger partial charge in [-0.1, -0.05) is 46.0 Å². The van der Waals surface area contributed by atoms with Crippen LogP contribution in [0.1, 0.15) is 24.5 Å². The van der Waals surface area contributed by atoms with Gasteiger partial charge in [-0.15, -0.1) is 0 Å². The molecule has 2 amide bonds. The first kappa shape index (κ1) is 26.7. The van der Waals surface area contributed by atoms with Gasteiger partial charge in [0.15, 0.2) is 18.1 Å². The van der Waals surface area contributed by atoms with E-state index in [0.717, 1.165) is 21.8 Å². The Labute approximate surface area is 220 Å². The van der Waals surface area contributed by atoms with E-state index in [2.05, 4.69) is 21.2 Å². The summed E-state index contributed by atoms with van der Waals surface area (Å²) in [4.78, 5) is 37.5. The molecule has 11 heteroatoms. The van der Waals surface area contributed by atoms with Gasteiger partial charge in [-0.3, -0.25) is 19.3 Å². The Morgan fingerprint density at radius 1 is 1.20 bits per heavy atom. The number of rotatable bonds is 10. The van der Waals surface area contributed by atoms with Crippen LogP contribution in [0.15, 0.2) is 45.8 Å². The maximum Gasteiger partial charge on any atom is 0.305 e. The highest BCUT2D eigenvalue weighted by Crippen LogP contribution is 2.35. The summed E-state index contributed by atoms with van der Waals surface area (Å²) in [6.07, 6.45) is 1.48. The molecule has 1 saturated heterocycles. The summed E-state index contributed by atoms with van der Waals surface area (Å²) < 4.78 is 12.6. The summed E-state index contributed by atoms with van der Waals surface area (Å²) >= 11 is 9.76. The standard InChI is InChI=1S/C24H23BrN2O6S2/c1-3-32-19-11-15(12-20-23(31)27(24(34)35-20)9-8-22(29)30)4-7-18(19)33-13-21(28)26-16-5-6-17(25)14(2)10-16/h4-7,10-12H,3,8-9,13H2,1-2H3,(H,26,28)(H,29,30)/b20-12-. The molecule has 0 spiro atoms. The number of ether oxygens (including phenoxy) is 2. The Bertz CT molecular complexity index is 1200. The van der Waals surface area contributed by atoms with Crippen LogP contribution >= 0.6 is 39.9 Å². The van der Waals surface area contributed by atoms with Crippen molar-refractivity contribution in [3.05, 3.63) is 56.9 Å². The molecule has 0 bridgehead atoms. The minimum absolute atomic E-state index is 0.0240. The van der Waals surface area contributed by atoms with Gasteiger partial charge in [-0.25, -0.2) is 0 Å². The molecular formula is C24H23BrN2O6S2. The van der Waals surface area contributed by atoms with E-state index in [-0.39, 0.29) is 31.4 Å². The number of nitrogens with one attached hydrogen (secondary N) is 1. The van der Waals surface area contributed by atoms with Gasteiger partial charge in [0, 0.05) is 16.7 Å². The minimum Gasteiger partial charge on any atom is -0.490 e. The smallest absolute Gasteiger partial charge is 0.305 e. The molecule has 0 saturated carbocycles. The summed E-state index contributed by atoms with van der Waals surface area (Å²) in [5, 5.41) is 11.7. The van der Waals surface area contributed by atoms with Crippen molar-refractivity contribution >= 4 is 73.8 Å². The van der Waals surface area contributed by atoms with E-state index in [1.807, 2.05) is 26.0 Å². The third kappa shape index (κ3) is 7.30. The number of hydrogen-bond donors (Lipinski definition) is 2. The molecule has 0 atom stereocenters. The number of thiocarbonyl (C=S) groups is 1. The highest BCUT2D eigenvalue weighted by atomic mass is 79.9. The molecule has 2 aromatic rings. The molecule has 1 aliphatic heterocycles. The van der Waals surface area contributed by atoms with Crippen LogP contribution < -0.4 is 14.8 Å². The van der Waals surface area contributed by atoms with Crippen molar-refractivity contribution in [1.29, 1.82) is 0 Å². The van der Waals surface area contributed by atoms with Crippen LogP contribution in [0.2, 0.25) is 0 Å². The van der Waals surface area contributed by atoms with Crippen LogP contribution in [-0.4, -0.2) is 51.9 Å². The first-order valence-electron chi connectivity index (χ1n) is 10.6. The summed E-state index contributed by atoms with van der Waals surface area (Å²) in [5.41, 5.74) is 2.34. The first-order valence-corrected chi connectivity index (χ1v) is 12.6. The molecule has 3 rings (SSSR count). The third-order valence-electron chi connectivity index (χ3n) is 4.79. The second-order valence-electron chi connectivity index (χ2n) is 7.42. The van der Waals surface area contributed by atoms with Crippen LogP contribution in [0, 0.1) is 6.92 Å². The number of carbonyl (C=O) groups is 3. The largest absolute Gasteiger partial charge is 0.490 e. The number of benzene rings is 2. The zero-order chi connectivity index (χ0) is 25.5. The molecule has 1 fully saturated rings. The Balaban J connectivity index is 1.68. The first-order chi connectivity index (χ1) is 16.7. The minimum atomic E-state index is -0.999. The second kappa shape index (κ2) is 12.2. The van der Waals surface area contributed by atoms with Crippen LogP contribution in [0.3, 0.4) is 0 Å². The fourth-order valence-corrected chi connectivity index (χ4v) is 4.67. The highest BCUT2D eigenvalue weighted by Gasteiger charge is 2.32. The molecule has 8 nitrogen and oxygen atoms in total. The van der Waals surface area contributed by atoms with E-state index in [1.165, 1.54) is 4.90 Å². The third-order valence-corrected chi connectivity index (χ3v) is 7.06. The molecule has 0 radical (unpaired) electrons. The number of carboxylic acids is 1. The number of thioether (sulfide) groups is 1. The molecule has 0 aliphatic carbocycles. The van der Waals surface area contributed by atoms with Gasteiger partial charge >= 0.3 is 5.97 Å². The van der Waals surface area contributed by atoms with Gasteiger partial charge in [0.2, 0.25) is 0 Å². The Hall–Kier alpha value is -2.89. The number of amides is 2. The van der Waals surface area contributed by atoms with Crippen molar-refractivity contribution in [3.8, 4) is 11.5 Å². The van der Waals surface area contributed by atoms with Crippen molar-refractivity contribution in [1.82, 2.24) is 4.90 Å². The fraction of sp³-hybridized carbons (Fsp3) is 0.250. The zero-order valence-corrected chi connectivity index (χ0v) is 22.2. The molecule has 1 heterocycles. The average Bonchev–Trinajstić information content (AvgIpc) is 3.06. The monoisotopic (exact) mass is 578 g/mol. The van der Waals surface area contributed by atoms with Gasteiger partial charge in [-0.2, -0.15) is 0 Å². The van der Waals surface area contributed by atoms with Crippen LogP contribution in [-0.2, 0) is 14.4 Å². The lowest BCUT2D eigenvalue weighted by Gasteiger charge is -2.13. The van der Waals surface area contributed by atoms with Crippen molar-refractivity contribution < 1.29 is 29.0 Å². The molecule has 2 N–H and O–H groups in total. The maximum atomic E-state index is 12.6. The van der Waals surface area contributed by atoms with Crippen molar-refractivity contribution in [2.24, 2.45) is 0 Å². The molecule has 2 aromatic carbocycles. The van der Waals surface area contributed by atoms with Crippen molar-refractivity contribution in [2.75, 3.05) is 25.1 Å². The van der Waals surface area contributed by atoms with Gasteiger partial charge in [-0.05, 0) is 61.4 Å². The van der Waals surface area contributed by atoms with E-state index in [4.69, 9.17) is 26.8 Å². The second-order valence-corrected chi connectivity index (χ2v) is 9.95. The number of halogens is 1. The SMILES string of the molecule is CCOc1cc(/C=C2\SC(=S)N(CCC(=O)O)C2=O)ccc1OCC(=O)Nc1ccc(Br)c(C)c1. The number of nitrogens with zero attached hydrogens (tertiary/aromatic N) is 1. The van der Waals surface area contributed by atoms with Crippen molar-refractivity contribution in [2.45, 2.75) is 20.3 Å². The van der Waals surface area contributed by atoms with Crippen LogP contribution in [0.5, 0.6) is 11.5 Å². The molecule has 0 aromatic heterocycles. The number of aryl methyl sites for hydroxylation is 1. The predicted octanol–water partition coefficient (Wildman–Crippen LogP) is 4.85. The molecular weight excluding hydrogens is 556 g/mol. The molecule has 1 aliphatic rings. The Morgan fingerprint density at radius 3 is 2.66 bits per heavy atom. The van der Waals surface area contributed by atoms with E-state index < -0.39 is 5.97 Å². The van der Waals surface area contributed by atoms with Gasteiger partial charge in [0.05, 0.1) is 17.9 Å². The van der Waals surface area contributed by atoms with E-state index in [9.17, 15) is 14.4 Å². The Kier molecular flexibility index (Phi) is 9.30. The number of aliphatic carboxylic acids is 1. The Morgan fingerprint density at radius 2 is 1.97 bits per heavy atom. The summed E-state index contributed by atoms with van der Waals surface area (Å²) in [6, 6.07) is 10.6. The number of hydrogen-bond acceptors (Lipinski definition) is 7. The van der Waals surface area contributed by atoms with E-state index >= 15 is 0 Å². The number of anilines is 1. The average molecular weight is 579 g/mol. The maximum absolute atomic E-state index is 12.6. The van der Waals surface area contributed by atoms with Crippen molar-refractivity contribution in [3.63, 3.8) is 0 Å².